The summed E-state index contributed by atoms with van der Waals surface area (Å²) in [6.07, 6.45) is 0. The third-order valence-electron chi connectivity index (χ3n) is 4.44. The zero-order valence-corrected chi connectivity index (χ0v) is 16.0. The van der Waals surface area contributed by atoms with Crippen LogP contribution in [0.5, 0.6) is 0 Å². The van der Waals surface area contributed by atoms with Gasteiger partial charge in [-0.3, -0.25) is 0 Å². The van der Waals surface area contributed by atoms with Crippen molar-refractivity contribution in [3.63, 3.8) is 0 Å². The predicted molar refractivity (Wildman–Crippen MR) is 115 cm³/mol. The first kappa shape index (κ1) is 17.7. The molecule has 0 fully saturated rings. The van der Waals surface area contributed by atoms with Crippen LogP contribution in [0.4, 0.5) is 5.82 Å². The van der Waals surface area contributed by atoms with Crippen molar-refractivity contribution in [1.29, 1.82) is 0 Å². The summed E-state index contributed by atoms with van der Waals surface area (Å²) in [6.45, 7) is 0. The lowest BCUT2D eigenvalue weighted by Crippen LogP contribution is -2.23. The SMILES string of the molecule is CN(C)/C(=N/c1cc(-c2ccccc2)nn1-c1ccccc1)c1ccccc1. The van der Waals surface area contributed by atoms with Gasteiger partial charge in [0, 0.05) is 31.3 Å². The lowest BCUT2D eigenvalue weighted by atomic mass is 10.1. The number of rotatable bonds is 4. The maximum Gasteiger partial charge on any atom is 0.158 e. The van der Waals surface area contributed by atoms with E-state index in [0.717, 1.165) is 34.2 Å². The lowest BCUT2D eigenvalue weighted by molar-refractivity contribution is 0.623. The maximum absolute atomic E-state index is 4.99. The molecular formula is C24H22N4. The zero-order valence-electron chi connectivity index (χ0n) is 16.0. The van der Waals surface area contributed by atoms with E-state index in [-0.39, 0.29) is 0 Å². The molecule has 1 aromatic heterocycles. The quantitative estimate of drug-likeness (QED) is 0.368. The summed E-state index contributed by atoms with van der Waals surface area (Å²) in [5.74, 6) is 1.68. The Bertz CT molecular complexity index is 1070. The van der Waals surface area contributed by atoms with E-state index in [0.29, 0.717) is 0 Å². The summed E-state index contributed by atoms with van der Waals surface area (Å²) in [4.78, 5) is 7.02. The highest BCUT2D eigenvalue weighted by atomic mass is 15.3. The van der Waals surface area contributed by atoms with Gasteiger partial charge in [0.2, 0.25) is 0 Å². The van der Waals surface area contributed by atoms with Gasteiger partial charge < -0.3 is 4.90 Å². The summed E-state index contributed by atoms with van der Waals surface area (Å²) in [5.41, 5.74) is 4.01. The van der Waals surface area contributed by atoms with Gasteiger partial charge in [-0.05, 0) is 12.1 Å². The fourth-order valence-corrected chi connectivity index (χ4v) is 3.08. The molecule has 0 unspecified atom stereocenters. The number of aliphatic imine (C=N–C) groups is 1. The molecule has 3 aromatic carbocycles. The number of para-hydroxylation sites is 1. The highest BCUT2D eigenvalue weighted by Gasteiger charge is 2.13. The highest BCUT2D eigenvalue weighted by Crippen LogP contribution is 2.27. The molecule has 0 saturated heterocycles. The number of nitrogens with zero attached hydrogens (tertiary/aromatic N) is 4. The molecule has 0 atom stereocenters. The molecule has 4 nitrogen and oxygen atoms in total. The Balaban J connectivity index is 1.88. The fourth-order valence-electron chi connectivity index (χ4n) is 3.08. The molecule has 0 spiro atoms. The largest absolute Gasteiger partial charge is 0.362 e. The van der Waals surface area contributed by atoms with E-state index < -0.39 is 0 Å². The fraction of sp³-hybridized carbons (Fsp3) is 0.0833. The molecule has 0 aliphatic rings. The standard InChI is InChI=1S/C24H22N4/c1-27(2)24(20-14-8-4-9-15-20)25-23-18-22(19-12-6-3-7-13-19)26-28(23)21-16-10-5-11-17-21/h3-18H,1-2H3/b25-24+. The minimum Gasteiger partial charge on any atom is -0.362 e. The van der Waals surface area contributed by atoms with Crippen LogP contribution in [0.1, 0.15) is 5.56 Å². The van der Waals surface area contributed by atoms with Crippen LogP contribution in [-0.4, -0.2) is 34.6 Å². The van der Waals surface area contributed by atoms with Crippen LogP contribution in [0.3, 0.4) is 0 Å². The van der Waals surface area contributed by atoms with Gasteiger partial charge in [-0.25, -0.2) is 9.67 Å². The maximum atomic E-state index is 4.99. The molecule has 0 bridgehead atoms. The Morgan fingerprint density at radius 2 is 1.36 bits per heavy atom. The van der Waals surface area contributed by atoms with Crippen LogP contribution in [0.25, 0.3) is 16.9 Å². The van der Waals surface area contributed by atoms with Gasteiger partial charge in [-0.15, -0.1) is 0 Å². The molecule has 1 heterocycles. The molecule has 0 N–H and O–H groups in total. The first-order chi connectivity index (χ1) is 13.7. The van der Waals surface area contributed by atoms with Crippen molar-refractivity contribution in [2.45, 2.75) is 0 Å². The first-order valence-corrected chi connectivity index (χ1v) is 9.25. The topological polar surface area (TPSA) is 33.4 Å². The van der Waals surface area contributed by atoms with Crippen molar-refractivity contribution in [2.24, 2.45) is 4.99 Å². The third kappa shape index (κ3) is 3.71. The average Bonchev–Trinajstić information content (AvgIpc) is 3.18. The van der Waals surface area contributed by atoms with Gasteiger partial charge >= 0.3 is 0 Å². The summed E-state index contributed by atoms with van der Waals surface area (Å²) in [6, 6.07) is 32.5. The Labute approximate surface area is 165 Å². The van der Waals surface area contributed by atoms with E-state index in [1.54, 1.807) is 0 Å². The molecule has 4 aromatic rings. The molecule has 28 heavy (non-hydrogen) atoms. The zero-order chi connectivity index (χ0) is 19.3. The Morgan fingerprint density at radius 1 is 0.786 bits per heavy atom. The summed E-state index contributed by atoms with van der Waals surface area (Å²) >= 11 is 0. The van der Waals surface area contributed by atoms with Crippen LogP contribution in [0, 0.1) is 0 Å². The summed E-state index contributed by atoms with van der Waals surface area (Å²) < 4.78 is 1.90. The van der Waals surface area contributed by atoms with Gasteiger partial charge in [-0.2, -0.15) is 5.10 Å². The third-order valence-corrected chi connectivity index (χ3v) is 4.44. The van der Waals surface area contributed by atoms with Crippen molar-refractivity contribution in [3.05, 3.63) is 103 Å². The Kier molecular flexibility index (Phi) is 5.02. The molecule has 4 rings (SSSR count). The van der Waals surface area contributed by atoms with Crippen LogP contribution in [0.15, 0.2) is 102 Å². The molecule has 0 saturated carbocycles. The molecular weight excluding hydrogens is 344 g/mol. The van der Waals surface area contributed by atoms with Crippen LogP contribution >= 0.6 is 0 Å². The second-order valence-electron chi connectivity index (χ2n) is 6.70. The van der Waals surface area contributed by atoms with E-state index in [1.165, 1.54) is 0 Å². The highest BCUT2D eigenvalue weighted by molar-refractivity contribution is 6.00. The van der Waals surface area contributed by atoms with Gasteiger partial charge in [-0.1, -0.05) is 78.9 Å². The van der Waals surface area contributed by atoms with Crippen molar-refractivity contribution in [3.8, 4) is 16.9 Å². The predicted octanol–water partition coefficient (Wildman–Crippen LogP) is 5.18. The van der Waals surface area contributed by atoms with E-state index in [4.69, 9.17) is 10.1 Å². The van der Waals surface area contributed by atoms with Crippen molar-refractivity contribution >= 4 is 11.7 Å². The first-order valence-electron chi connectivity index (χ1n) is 9.25. The molecule has 0 radical (unpaired) electrons. The normalized spacial score (nSPS) is 11.4. The molecule has 0 amide bonds. The van der Waals surface area contributed by atoms with Crippen LogP contribution in [-0.2, 0) is 0 Å². The second kappa shape index (κ2) is 7.92. The van der Waals surface area contributed by atoms with E-state index in [9.17, 15) is 0 Å². The number of hydrogen-bond donors (Lipinski definition) is 0. The smallest absolute Gasteiger partial charge is 0.158 e. The minimum atomic E-state index is 0.789. The lowest BCUT2D eigenvalue weighted by Gasteiger charge is -2.16. The Morgan fingerprint density at radius 3 is 1.96 bits per heavy atom. The van der Waals surface area contributed by atoms with Crippen molar-refractivity contribution < 1.29 is 0 Å². The number of hydrogen-bond acceptors (Lipinski definition) is 2. The van der Waals surface area contributed by atoms with E-state index in [2.05, 4.69) is 24.3 Å². The average molecular weight is 366 g/mol. The van der Waals surface area contributed by atoms with E-state index in [1.807, 2.05) is 96.5 Å². The van der Waals surface area contributed by atoms with Crippen molar-refractivity contribution in [2.75, 3.05) is 14.1 Å². The molecule has 138 valence electrons. The monoisotopic (exact) mass is 366 g/mol. The minimum absolute atomic E-state index is 0.789. The van der Waals surface area contributed by atoms with Gasteiger partial charge in [0.25, 0.3) is 0 Å². The summed E-state index contributed by atoms with van der Waals surface area (Å²) in [5, 5.41) is 4.85. The number of benzene rings is 3. The van der Waals surface area contributed by atoms with Gasteiger partial charge in [0.1, 0.15) is 5.84 Å². The summed E-state index contributed by atoms with van der Waals surface area (Å²) in [7, 11) is 4.01. The van der Waals surface area contributed by atoms with Crippen LogP contribution < -0.4 is 0 Å². The van der Waals surface area contributed by atoms with Gasteiger partial charge in [0.05, 0.1) is 11.4 Å². The molecule has 0 aliphatic heterocycles. The number of amidine groups is 1. The van der Waals surface area contributed by atoms with E-state index >= 15 is 0 Å². The van der Waals surface area contributed by atoms with Crippen molar-refractivity contribution in [1.82, 2.24) is 14.7 Å². The molecule has 0 aliphatic carbocycles. The van der Waals surface area contributed by atoms with Gasteiger partial charge in [0.15, 0.2) is 5.82 Å². The second-order valence-corrected chi connectivity index (χ2v) is 6.70. The molecule has 4 heteroatoms. The Hall–Kier alpha value is -3.66. The number of aromatic nitrogens is 2. The van der Waals surface area contributed by atoms with Crippen LogP contribution in [0.2, 0.25) is 0 Å².